The molecule has 4 heterocycles. The number of nitrogens with zero attached hydrogens (tertiary/aromatic N) is 4. The molecule has 3 aliphatic heterocycles. The van der Waals surface area contributed by atoms with E-state index in [0.29, 0.717) is 26.1 Å². The van der Waals surface area contributed by atoms with Crippen molar-refractivity contribution in [2.24, 2.45) is 0 Å². The highest BCUT2D eigenvalue weighted by Crippen LogP contribution is 2.42. The third-order valence-corrected chi connectivity index (χ3v) is 9.26. The Morgan fingerprint density at radius 1 is 1.17 bits per heavy atom. The standard InChI is InChI=1S/C31H37BrN4O5S/c1-31(2,3)41-30(37)36-19-9-10-20(36)15-35(14-19)28-23-16-39-26(13-25(23)33-29(34-28)42-5)22-12-21(40-17-38-4)11-18-7-6-8-24(32)27(18)22/h6-8,11-12,19-20,26H,9-10,13-17H2,1-5H3. The lowest BCUT2D eigenvalue weighted by Crippen LogP contribution is -2.57. The van der Waals surface area contributed by atoms with E-state index in [0.717, 1.165) is 61.6 Å². The average Bonchev–Trinajstić information content (AvgIpc) is 3.23. The largest absolute Gasteiger partial charge is 0.468 e. The molecule has 2 aromatic carbocycles. The van der Waals surface area contributed by atoms with E-state index in [1.54, 1.807) is 18.9 Å². The lowest BCUT2D eigenvalue weighted by molar-refractivity contribution is 0.0119. The van der Waals surface area contributed by atoms with Crippen LogP contribution >= 0.6 is 27.7 Å². The molecule has 3 atom stereocenters. The zero-order chi connectivity index (χ0) is 29.6. The van der Waals surface area contributed by atoms with Gasteiger partial charge in [0.2, 0.25) is 0 Å². The summed E-state index contributed by atoms with van der Waals surface area (Å²) in [4.78, 5) is 27.3. The van der Waals surface area contributed by atoms with Crippen LogP contribution in [0.4, 0.5) is 10.6 Å². The molecular formula is C31H37BrN4O5S. The molecule has 1 aromatic heterocycles. The van der Waals surface area contributed by atoms with Gasteiger partial charge in [0, 0.05) is 42.0 Å². The van der Waals surface area contributed by atoms with Crippen LogP contribution in [0.2, 0.25) is 0 Å². The van der Waals surface area contributed by atoms with Crippen molar-refractivity contribution in [3.8, 4) is 5.75 Å². The van der Waals surface area contributed by atoms with Gasteiger partial charge >= 0.3 is 6.09 Å². The maximum absolute atomic E-state index is 13.0. The lowest BCUT2D eigenvalue weighted by atomic mass is 9.94. The van der Waals surface area contributed by atoms with Crippen LogP contribution in [0.5, 0.6) is 5.75 Å². The lowest BCUT2D eigenvalue weighted by Gasteiger charge is -2.42. The smallest absolute Gasteiger partial charge is 0.410 e. The maximum atomic E-state index is 13.0. The number of amides is 1. The average molecular weight is 658 g/mol. The van der Waals surface area contributed by atoms with Crippen LogP contribution in [0.1, 0.15) is 56.5 Å². The molecule has 1 amide bonds. The van der Waals surface area contributed by atoms with Gasteiger partial charge in [0.15, 0.2) is 11.9 Å². The molecule has 0 radical (unpaired) electrons. The molecule has 3 aliphatic rings. The van der Waals surface area contributed by atoms with Crippen molar-refractivity contribution in [2.75, 3.05) is 38.1 Å². The SMILES string of the molecule is COCOc1cc(C2Cc3nc(SC)nc(N4CC5CCC(C4)N5C(=O)OC(C)(C)C)c3CO2)c2c(Br)cccc2c1. The minimum absolute atomic E-state index is 0.0951. The summed E-state index contributed by atoms with van der Waals surface area (Å²) in [7, 11) is 1.61. The number of anilines is 1. The van der Waals surface area contributed by atoms with Crippen molar-refractivity contribution in [1.82, 2.24) is 14.9 Å². The second-order valence-corrected chi connectivity index (χ2v) is 13.7. The molecule has 42 heavy (non-hydrogen) atoms. The molecule has 3 unspecified atom stereocenters. The van der Waals surface area contributed by atoms with Crippen LogP contribution in [-0.2, 0) is 27.2 Å². The Balaban J connectivity index is 1.30. The van der Waals surface area contributed by atoms with Gasteiger partial charge in [-0.25, -0.2) is 14.8 Å². The topological polar surface area (TPSA) is 86.3 Å². The van der Waals surface area contributed by atoms with Gasteiger partial charge in [0.25, 0.3) is 0 Å². The summed E-state index contributed by atoms with van der Waals surface area (Å²) in [6, 6.07) is 10.4. The monoisotopic (exact) mass is 656 g/mol. The Hall–Kier alpha value is -2.60. The molecule has 6 rings (SSSR count). The van der Waals surface area contributed by atoms with E-state index >= 15 is 0 Å². The summed E-state index contributed by atoms with van der Waals surface area (Å²) in [5.74, 6) is 1.66. The molecule has 0 N–H and O–H groups in total. The minimum Gasteiger partial charge on any atom is -0.468 e. The van der Waals surface area contributed by atoms with E-state index in [9.17, 15) is 4.79 Å². The molecule has 2 bridgehead atoms. The van der Waals surface area contributed by atoms with Gasteiger partial charge in [-0.15, -0.1) is 0 Å². The van der Waals surface area contributed by atoms with Gasteiger partial charge in [0.1, 0.15) is 17.2 Å². The number of rotatable bonds is 6. The quantitative estimate of drug-likeness (QED) is 0.168. The minimum atomic E-state index is -0.517. The zero-order valence-electron chi connectivity index (χ0n) is 24.7. The number of benzene rings is 2. The zero-order valence-corrected chi connectivity index (χ0v) is 27.1. The van der Waals surface area contributed by atoms with Crippen LogP contribution in [0.25, 0.3) is 10.8 Å². The van der Waals surface area contributed by atoms with Gasteiger partial charge in [-0.05, 0) is 69.0 Å². The highest BCUT2D eigenvalue weighted by atomic mass is 79.9. The Labute approximate surface area is 259 Å². The van der Waals surface area contributed by atoms with Gasteiger partial charge in [0.05, 0.1) is 30.5 Å². The van der Waals surface area contributed by atoms with Crippen LogP contribution in [0.15, 0.2) is 40.0 Å². The Morgan fingerprint density at radius 2 is 1.93 bits per heavy atom. The Morgan fingerprint density at radius 3 is 2.62 bits per heavy atom. The number of carbonyl (C=O) groups is 1. The molecule has 0 saturated carbocycles. The van der Waals surface area contributed by atoms with E-state index < -0.39 is 5.60 Å². The predicted octanol–water partition coefficient (Wildman–Crippen LogP) is 6.50. The third-order valence-electron chi connectivity index (χ3n) is 8.05. The molecule has 3 aromatic rings. The van der Waals surface area contributed by atoms with E-state index in [1.165, 1.54) is 0 Å². The number of aromatic nitrogens is 2. The van der Waals surface area contributed by atoms with Crippen LogP contribution < -0.4 is 9.64 Å². The summed E-state index contributed by atoms with van der Waals surface area (Å²) >= 11 is 5.31. The van der Waals surface area contributed by atoms with Crippen molar-refractivity contribution in [2.45, 2.75) is 75.6 Å². The molecule has 0 spiro atoms. The van der Waals surface area contributed by atoms with Crippen molar-refractivity contribution in [1.29, 1.82) is 0 Å². The van der Waals surface area contributed by atoms with Crippen molar-refractivity contribution in [3.63, 3.8) is 0 Å². The van der Waals surface area contributed by atoms with Crippen molar-refractivity contribution >= 4 is 50.4 Å². The maximum Gasteiger partial charge on any atom is 0.410 e. The molecular weight excluding hydrogens is 620 g/mol. The fourth-order valence-corrected chi connectivity index (χ4v) is 7.31. The molecule has 9 nitrogen and oxygen atoms in total. The molecule has 2 saturated heterocycles. The summed E-state index contributed by atoms with van der Waals surface area (Å²) < 4.78 is 24.4. The summed E-state index contributed by atoms with van der Waals surface area (Å²) in [6.45, 7) is 7.75. The fourth-order valence-electron chi connectivity index (χ4n) is 6.32. The normalized spacial score (nSPS) is 21.9. The molecule has 224 valence electrons. The number of thioether (sulfide) groups is 1. The number of methoxy groups -OCH3 is 1. The second-order valence-electron chi connectivity index (χ2n) is 12.0. The van der Waals surface area contributed by atoms with Gasteiger partial charge < -0.3 is 23.8 Å². The summed E-state index contributed by atoms with van der Waals surface area (Å²) in [6.07, 6.45) is 4.13. The van der Waals surface area contributed by atoms with E-state index in [2.05, 4.69) is 33.0 Å². The Bertz CT molecular complexity index is 1480. The predicted molar refractivity (Wildman–Crippen MR) is 166 cm³/mol. The first kappa shape index (κ1) is 29.5. The van der Waals surface area contributed by atoms with E-state index in [4.69, 9.17) is 28.9 Å². The third kappa shape index (κ3) is 5.80. The number of ether oxygens (including phenoxy) is 4. The first-order valence-electron chi connectivity index (χ1n) is 14.3. The molecule has 2 fully saturated rings. The van der Waals surface area contributed by atoms with Crippen LogP contribution in [-0.4, -0.2) is 71.9 Å². The van der Waals surface area contributed by atoms with Crippen molar-refractivity contribution in [3.05, 3.63) is 51.6 Å². The van der Waals surface area contributed by atoms with Gasteiger partial charge in [-0.2, -0.15) is 0 Å². The van der Waals surface area contributed by atoms with Gasteiger partial charge in [-0.1, -0.05) is 39.8 Å². The van der Waals surface area contributed by atoms with Crippen LogP contribution in [0.3, 0.4) is 0 Å². The first-order valence-corrected chi connectivity index (χ1v) is 16.3. The van der Waals surface area contributed by atoms with Crippen molar-refractivity contribution < 1.29 is 23.7 Å². The second kappa shape index (κ2) is 11.8. The number of piperazine rings is 1. The molecule has 0 aliphatic carbocycles. The molecule has 11 heteroatoms. The van der Waals surface area contributed by atoms with Gasteiger partial charge in [-0.3, -0.25) is 4.90 Å². The first-order chi connectivity index (χ1) is 20.1. The number of halogens is 1. The number of carbonyl (C=O) groups excluding carboxylic acids is 1. The Kier molecular flexibility index (Phi) is 8.30. The summed E-state index contributed by atoms with van der Waals surface area (Å²) in [5.41, 5.74) is 2.57. The number of hydrogen-bond acceptors (Lipinski definition) is 9. The number of hydrogen-bond donors (Lipinski definition) is 0. The van der Waals surface area contributed by atoms with E-state index in [1.807, 2.05) is 50.1 Å². The summed E-state index contributed by atoms with van der Waals surface area (Å²) in [5, 5.41) is 2.91. The highest BCUT2D eigenvalue weighted by Gasteiger charge is 2.45. The fraction of sp³-hybridized carbons (Fsp3) is 0.516. The number of fused-ring (bicyclic) bond motifs is 4. The highest BCUT2D eigenvalue weighted by molar-refractivity contribution is 9.10. The van der Waals surface area contributed by atoms with Crippen LogP contribution in [0, 0.1) is 0 Å². The van der Waals surface area contributed by atoms with E-state index in [-0.39, 0.29) is 31.1 Å².